The van der Waals surface area contributed by atoms with Gasteiger partial charge in [-0.1, -0.05) is 12.8 Å². The molecule has 0 unspecified atom stereocenters. The molecule has 0 spiro atoms. The van der Waals surface area contributed by atoms with Gasteiger partial charge in [0.1, 0.15) is 20.1 Å². The Morgan fingerprint density at radius 2 is 1.29 bits per heavy atom. The van der Waals surface area contributed by atoms with E-state index in [1.54, 1.807) is 26.1 Å². The van der Waals surface area contributed by atoms with Crippen molar-refractivity contribution < 1.29 is 33.3 Å². The van der Waals surface area contributed by atoms with Crippen molar-refractivity contribution in [1.29, 1.82) is 0 Å². The summed E-state index contributed by atoms with van der Waals surface area (Å²) in [4.78, 5) is 38.1. The van der Waals surface area contributed by atoms with Crippen LogP contribution in [0.5, 0.6) is 0 Å². The van der Waals surface area contributed by atoms with Crippen LogP contribution in [0.25, 0.3) is 0 Å². The summed E-state index contributed by atoms with van der Waals surface area (Å²) in [5.74, 6) is -0.184. The molecule has 31 heavy (non-hydrogen) atoms. The number of nitrogens with one attached hydrogen (secondary N) is 1. The van der Waals surface area contributed by atoms with Crippen molar-refractivity contribution in [3.05, 3.63) is 0 Å². The first-order valence-corrected chi connectivity index (χ1v) is 10.8. The molecule has 1 N–H and O–H groups in total. The third-order valence-corrected chi connectivity index (χ3v) is 4.47. The zero-order valence-electron chi connectivity index (χ0n) is 19.7. The minimum absolute atomic E-state index is 0.00242. The Morgan fingerprint density at radius 3 is 1.94 bits per heavy atom. The Kier molecular flexibility index (Phi) is 19.0. The fourth-order valence-electron chi connectivity index (χ4n) is 2.48. The lowest BCUT2D eigenvalue weighted by atomic mass is 10.1. The summed E-state index contributed by atoms with van der Waals surface area (Å²) < 4.78 is 20.9. The van der Waals surface area contributed by atoms with Gasteiger partial charge in [-0.3, -0.25) is 14.4 Å². The van der Waals surface area contributed by atoms with Crippen LogP contribution in [0, 0.1) is 0 Å². The fourth-order valence-corrected chi connectivity index (χ4v) is 2.48. The number of carbonyl (C=O) groups is 3. The van der Waals surface area contributed by atoms with Crippen LogP contribution in [-0.4, -0.2) is 102 Å². The third kappa shape index (κ3) is 17.6. The van der Waals surface area contributed by atoms with Gasteiger partial charge in [-0.15, -0.1) is 0 Å². The molecule has 0 aromatic rings. The van der Waals surface area contributed by atoms with Crippen LogP contribution in [0.1, 0.15) is 44.9 Å². The first kappa shape index (κ1) is 29.2. The predicted molar refractivity (Wildman–Crippen MR) is 116 cm³/mol. The molecular weight excluding hydrogens is 406 g/mol. The quantitative estimate of drug-likeness (QED) is 0.219. The molecular formula is C21H41N3O7. The van der Waals surface area contributed by atoms with Crippen LogP contribution in [0.15, 0.2) is 0 Å². The second-order valence-corrected chi connectivity index (χ2v) is 7.24. The van der Waals surface area contributed by atoms with Crippen LogP contribution in [0.4, 0.5) is 0 Å². The Hall–Kier alpha value is -1.75. The van der Waals surface area contributed by atoms with Crippen LogP contribution < -0.4 is 5.32 Å². The monoisotopic (exact) mass is 447 g/mol. The van der Waals surface area contributed by atoms with E-state index in [9.17, 15) is 14.4 Å². The molecule has 0 atom stereocenters. The van der Waals surface area contributed by atoms with Gasteiger partial charge >= 0.3 is 0 Å². The molecule has 0 aliphatic rings. The molecule has 0 saturated heterocycles. The lowest BCUT2D eigenvalue weighted by Crippen LogP contribution is -2.32. The molecule has 0 aliphatic carbocycles. The number of carbonyl (C=O) groups excluding carboxylic acids is 3. The van der Waals surface area contributed by atoms with Crippen molar-refractivity contribution in [2.45, 2.75) is 44.9 Å². The van der Waals surface area contributed by atoms with Gasteiger partial charge in [0.05, 0.1) is 13.2 Å². The molecule has 0 heterocycles. The molecule has 0 fully saturated rings. The van der Waals surface area contributed by atoms with E-state index in [-0.39, 0.29) is 37.8 Å². The average Bonchev–Trinajstić information content (AvgIpc) is 2.76. The SMILES string of the molecule is CNC(=O)COCN(C)C(=O)CCCCCCOCN(C)C(=O)CCCOCCOC. The van der Waals surface area contributed by atoms with E-state index in [0.29, 0.717) is 45.7 Å². The van der Waals surface area contributed by atoms with Gasteiger partial charge in [-0.05, 0) is 19.3 Å². The molecule has 182 valence electrons. The number of ether oxygens (including phenoxy) is 4. The van der Waals surface area contributed by atoms with Crippen LogP contribution >= 0.6 is 0 Å². The fraction of sp³-hybridized carbons (Fsp3) is 0.857. The Morgan fingerprint density at radius 1 is 0.710 bits per heavy atom. The first-order valence-electron chi connectivity index (χ1n) is 10.8. The molecule has 3 amide bonds. The number of hydrogen-bond donors (Lipinski definition) is 1. The predicted octanol–water partition coefficient (Wildman–Crippen LogP) is 0.991. The second-order valence-electron chi connectivity index (χ2n) is 7.24. The van der Waals surface area contributed by atoms with Gasteiger partial charge < -0.3 is 34.1 Å². The van der Waals surface area contributed by atoms with Gasteiger partial charge in [-0.25, -0.2) is 0 Å². The number of nitrogens with zero attached hydrogens (tertiary/aromatic N) is 2. The molecule has 0 aromatic heterocycles. The topological polar surface area (TPSA) is 107 Å². The molecule has 0 bridgehead atoms. The van der Waals surface area contributed by atoms with E-state index in [4.69, 9.17) is 18.9 Å². The molecule has 0 aliphatic heterocycles. The summed E-state index contributed by atoms with van der Waals surface area (Å²) in [5.41, 5.74) is 0. The minimum Gasteiger partial charge on any atom is -0.382 e. The lowest BCUT2D eigenvalue weighted by molar-refractivity contribution is -0.138. The smallest absolute Gasteiger partial charge is 0.245 e. The second kappa shape index (κ2) is 20.2. The molecule has 10 nitrogen and oxygen atoms in total. The van der Waals surface area contributed by atoms with Crippen molar-refractivity contribution in [1.82, 2.24) is 15.1 Å². The van der Waals surface area contributed by atoms with Gasteiger partial charge in [0.15, 0.2) is 0 Å². The summed E-state index contributed by atoms with van der Waals surface area (Å²) in [5, 5.41) is 2.45. The van der Waals surface area contributed by atoms with Crippen molar-refractivity contribution >= 4 is 17.7 Å². The standard InChI is InChI=1S/C21H41N3O7/c1-22-19(25)16-31-18-24(3)20(26)10-7-5-6-8-12-30-17-23(2)21(27)11-9-13-29-15-14-28-4/h5-18H2,1-4H3,(H,22,25). The number of likely N-dealkylation sites (N-methyl/N-ethyl adjacent to an activating group) is 1. The number of hydrogen-bond acceptors (Lipinski definition) is 7. The third-order valence-electron chi connectivity index (χ3n) is 4.47. The van der Waals surface area contributed by atoms with Crippen molar-refractivity contribution in [3.63, 3.8) is 0 Å². The molecule has 0 rings (SSSR count). The van der Waals surface area contributed by atoms with E-state index in [0.717, 1.165) is 25.7 Å². The highest BCUT2D eigenvalue weighted by atomic mass is 16.5. The van der Waals surface area contributed by atoms with E-state index >= 15 is 0 Å². The van der Waals surface area contributed by atoms with Crippen molar-refractivity contribution in [2.24, 2.45) is 0 Å². The number of rotatable bonds is 20. The Labute approximate surface area is 186 Å². The summed E-state index contributed by atoms with van der Waals surface area (Å²) in [6.45, 7) is 2.56. The molecule has 0 radical (unpaired) electrons. The van der Waals surface area contributed by atoms with Crippen molar-refractivity contribution in [2.75, 3.05) is 74.7 Å². The largest absolute Gasteiger partial charge is 0.382 e. The minimum atomic E-state index is -0.220. The summed E-state index contributed by atoms with van der Waals surface area (Å²) in [6.07, 6.45) is 5.14. The highest BCUT2D eigenvalue weighted by Gasteiger charge is 2.10. The molecule has 0 aromatic carbocycles. The summed E-state index contributed by atoms with van der Waals surface area (Å²) in [6, 6.07) is 0. The van der Waals surface area contributed by atoms with Gasteiger partial charge in [0.25, 0.3) is 0 Å². The molecule has 0 saturated carbocycles. The molecule has 10 heteroatoms. The average molecular weight is 448 g/mol. The van der Waals surface area contributed by atoms with Crippen molar-refractivity contribution in [3.8, 4) is 0 Å². The Balaban J connectivity index is 3.56. The number of amides is 3. The first-order chi connectivity index (χ1) is 14.9. The number of methoxy groups -OCH3 is 1. The van der Waals surface area contributed by atoms with Crippen LogP contribution in [0.3, 0.4) is 0 Å². The highest BCUT2D eigenvalue weighted by Crippen LogP contribution is 2.06. The maximum Gasteiger partial charge on any atom is 0.245 e. The summed E-state index contributed by atoms with van der Waals surface area (Å²) >= 11 is 0. The van der Waals surface area contributed by atoms with E-state index < -0.39 is 0 Å². The van der Waals surface area contributed by atoms with Crippen LogP contribution in [-0.2, 0) is 33.3 Å². The van der Waals surface area contributed by atoms with Gasteiger partial charge in [0, 0.05) is 54.3 Å². The van der Waals surface area contributed by atoms with E-state index in [2.05, 4.69) is 5.32 Å². The zero-order valence-corrected chi connectivity index (χ0v) is 19.7. The number of unbranched alkanes of at least 4 members (excludes halogenated alkanes) is 3. The summed E-state index contributed by atoms with van der Waals surface area (Å²) in [7, 11) is 6.55. The maximum absolute atomic E-state index is 12.0. The van der Waals surface area contributed by atoms with Gasteiger partial charge in [-0.2, -0.15) is 0 Å². The zero-order chi connectivity index (χ0) is 23.3. The van der Waals surface area contributed by atoms with Gasteiger partial charge in [0.2, 0.25) is 17.7 Å². The lowest BCUT2D eigenvalue weighted by Gasteiger charge is -2.17. The highest BCUT2D eigenvalue weighted by molar-refractivity contribution is 5.77. The van der Waals surface area contributed by atoms with E-state index in [1.165, 1.54) is 11.9 Å². The Bertz CT molecular complexity index is 492. The van der Waals surface area contributed by atoms with E-state index in [1.807, 2.05) is 0 Å². The normalized spacial score (nSPS) is 10.7. The maximum atomic E-state index is 12.0. The van der Waals surface area contributed by atoms with Crippen LogP contribution in [0.2, 0.25) is 0 Å².